The van der Waals surface area contributed by atoms with Gasteiger partial charge in [-0.15, -0.1) is 0 Å². The lowest BCUT2D eigenvalue weighted by atomic mass is 10.1. The second kappa shape index (κ2) is 9.02. The molecule has 1 fully saturated rings. The number of nitro groups is 1. The van der Waals surface area contributed by atoms with Crippen LogP contribution in [0.5, 0.6) is 0 Å². The van der Waals surface area contributed by atoms with Gasteiger partial charge in [0.1, 0.15) is 17.3 Å². The Morgan fingerprint density at radius 2 is 1.80 bits per heavy atom. The number of halogens is 2. The van der Waals surface area contributed by atoms with Gasteiger partial charge in [0.15, 0.2) is 0 Å². The van der Waals surface area contributed by atoms with Crippen molar-refractivity contribution in [2.45, 2.75) is 11.3 Å². The molecule has 1 aliphatic rings. The van der Waals surface area contributed by atoms with Crippen molar-refractivity contribution in [1.29, 1.82) is 0 Å². The van der Waals surface area contributed by atoms with Crippen LogP contribution in [0, 0.1) is 21.7 Å². The molecule has 0 atom stereocenters. The molecule has 0 amide bonds. The van der Waals surface area contributed by atoms with Gasteiger partial charge in [0.25, 0.3) is 5.69 Å². The first-order valence-electron chi connectivity index (χ1n) is 9.33. The van der Waals surface area contributed by atoms with Crippen molar-refractivity contribution in [3.8, 4) is 0 Å². The molecule has 0 aliphatic carbocycles. The predicted octanol–water partition coefficient (Wildman–Crippen LogP) is 2.46. The molecule has 0 unspecified atom stereocenters. The third kappa shape index (κ3) is 4.91. The number of anilines is 1. The molecule has 162 valence electrons. The Morgan fingerprint density at radius 1 is 1.10 bits per heavy atom. The van der Waals surface area contributed by atoms with Crippen LogP contribution >= 0.6 is 0 Å². The Kier molecular flexibility index (Phi) is 6.64. The van der Waals surface area contributed by atoms with Crippen LogP contribution in [0.4, 0.5) is 20.2 Å². The molecular weight excluding hydrogens is 418 g/mol. The van der Waals surface area contributed by atoms with Crippen LogP contribution in [0.2, 0.25) is 0 Å². The average Bonchev–Trinajstić information content (AvgIpc) is 2.70. The first-order valence-corrected chi connectivity index (χ1v) is 10.8. The predicted molar refractivity (Wildman–Crippen MR) is 108 cm³/mol. The van der Waals surface area contributed by atoms with E-state index in [2.05, 4.69) is 5.32 Å². The number of nitrogens with zero attached hydrogens (tertiary/aromatic N) is 3. The Hall–Kier alpha value is -2.63. The summed E-state index contributed by atoms with van der Waals surface area (Å²) in [5.41, 5.74) is 0.00504. The van der Waals surface area contributed by atoms with Crippen molar-refractivity contribution in [3.05, 3.63) is 63.7 Å². The van der Waals surface area contributed by atoms with Gasteiger partial charge in [-0.3, -0.25) is 10.1 Å². The smallest absolute Gasteiger partial charge is 0.293 e. The number of nitrogens with one attached hydrogen (secondary N) is 1. The summed E-state index contributed by atoms with van der Waals surface area (Å²) in [5, 5.41) is 14.3. The van der Waals surface area contributed by atoms with Crippen molar-refractivity contribution in [2.24, 2.45) is 0 Å². The third-order valence-corrected chi connectivity index (χ3v) is 6.89. The highest BCUT2D eigenvalue weighted by atomic mass is 32.2. The molecule has 0 saturated carbocycles. The Labute approximate surface area is 173 Å². The zero-order chi connectivity index (χ0) is 21.9. The van der Waals surface area contributed by atoms with E-state index >= 15 is 0 Å². The summed E-state index contributed by atoms with van der Waals surface area (Å²) in [6.45, 7) is 1.95. The van der Waals surface area contributed by atoms with Crippen LogP contribution in [0.3, 0.4) is 0 Å². The van der Waals surface area contributed by atoms with E-state index in [1.807, 2.05) is 11.9 Å². The second-order valence-electron chi connectivity index (χ2n) is 7.06. The number of piperazine rings is 1. The van der Waals surface area contributed by atoms with Gasteiger partial charge in [-0.1, -0.05) is 6.07 Å². The summed E-state index contributed by atoms with van der Waals surface area (Å²) >= 11 is 0. The highest BCUT2D eigenvalue weighted by molar-refractivity contribution is 7.89. The first kappa shape index (κ1) is 22.1. The molecule has 0 spiro atoms. The van der Waals surface area contributed by atoms with Crippen LogP contribution in [-0.4, -0.2) is 62.3 Å². The van der Waals surface area contributed by atoms with Gasteiger partial charge in [0, 0.05) is 44.9 Å². The van der Waals surface area contributed by atoms with Crippen LogP contribution < -0.4 is 5.32 Å². The zero-order valence-corrected chi connectivity index (χ0v) is 17.2. The summed E-state index contributed by atoms with van der Waals surface area (Å²) in [6, 6.07) is 6.92. The van der Waals surface area contributed by atoms with Crippen LogP contribution in [0.15, 0.2) is 41.3 Å². The van der Waals surface area contributed by atoms with Crippen molar-refractivity contribution >= 4 is 21.4 Å². The number of rotatable bonds is 7. The highest BCUT2D eigenvalue weighted by Crippen LogP contribution is 2.29. The van der Waals surface area contributed by atoms with Crippen LogP contribution in [-0.2, 0) is 16.4 Å². The Bertz CT molecular complexity index is 1040. The molecule has 30 heavy (non-hydrogen) atoms. The monoisotopic (exact) mass is 440 g/mol. The maximum atomic E-state index is 13.7. The van der Waals surface area contributed by atoms with Gasteiger partial charge in [-0.2, -0.15) is 4.31 Å². The summed E-state index contributed by atoms with van der Waals surface area (Å²) in [5.74, 6) is -1.38. The fourth-order valence-corrected chi connectivity index (χ4v) is 4.65. The standard InChI is InChI=1S/C19H22F2N4O4S/c1-23-8-10-24(11-9-23)30(28,29)16-4-5-18(19(13-16)25(26)27)22-7-6-14-2-3-15(20)12-17(14)21/h2-5,12-13,22H,6-11H2,1H3. The first-order chi connectivity index (χ1) is 14.2. The summed E-state index contributed by atoms with van der Waals surface area (Å²) in [7, 11) is -1.95. The molecule has 0 aromatic heterocycles. The van der Waals surface area contributed by atoms with Gasteiger partial charge in [0.05, 0.1) is 9.82 Å². The molecule has 0 radical (unpaired) electrons. The molecule has 1 saturated heterocycles. The van der Waals surface area contributed by atoms with E-state index in [4.69, 9.17) is 0 Å². The van der Waals surface area contributed by atoms with Gasteiger partial charge in [0.2, 0.25) is 10.0 Å². The summed E-state index contributed by atoms with van der Waals surface area (Å²) in [6.07, 6.45) is 0.171. The number of hydrogen-bond donors (Lipinski definition) is 1. The van der Waals surface area contributed by atoms with Gasteiger partial charge in [-0.05, 0) is 37.2 Å². The van der Waals surface area contributed by atoms with E-state index in [1.165, 1.54) is 22.5 Å². The van der Waals surface area contributed by atoms with Crippen LogP contribution in [0.1, 0.15) is 5.56 Å². The molecule has 1 aliphatic heterocycles. The number of sulfonamides is 1. The number of benzene rings is 2. The van der Waals surface area contributed by atoms with Crippen molar-refractivity contribution in [3.63, 3.8) is 0 Å². The minimum absolute atomic E-state index is 0.125. The fraction of sp³-hybridized carbons (Fsp3) is 0.368. The van der Waals surface area contributed by atoms with E-state index < -0.39 is 26.6 Å². The SMILES string of the molecule is CN1CCN(S(=O)(=O)c2ccc(NCCc3ccc(F)cc3F)c([N+](=O)[O-])c2)CC1. The topological polar surface area (TPSA) is 95.8 Å². The number of likely N-dealkylation sites (N-methyl/N-ethyl adjacent to an activating group) is 1. The molecule has 2 aromatic carbocycles. The maximum absolute atomic E-state index is 13.7. The minimum Gasteiger partial charge on any atom is -0.379 e. The summed E-state index contributed by atoms with van der Waals surface area (Å²) < 4.78 is 53.7. The van der Waals surface area contributed by atoms with E-state index in [0.29, 0.717) is 26.2 Å². The van der Waals surface area contributed by atoms with Gasteiger partial charge >= 0.3 is 0 Å². The maximum Gasteiger partial charge on any atom is 0.293 e. The number of nitro benzene ring substituents is 1. The molecule has 0 bridgehead atoms. The average molecular weight is 440 g/mol. The highest BCUT2D eigenvalue weighted by Gasteiger charge is 2.29. The van der Waals surface area contributed by atoms with Crippen LogP contribution in [0.25, 0.3) is 0 Å². The third-order valence-electron chi connectivity index (χ3n) is 4.99. The Morgan fingerprint density at radius 3 is 2.43 bits per heavy atom. The largest absolute Gasteiger partial charge is 0.379 e. The molecule has 1 N–H and O–H groups in total. The normalized spacial score (nSPS) is 15.8. The molecule has 3 rings (SSSR count). The van der Waals surface area contributed by atoms with Gasteiger partial charge < -0.3 is 10.2 Å². The summed E-state index contributed by atoms with van der Waals surface area (Å²) in [4.78, 5) is 12.7. The van der Waals surface area contributed by atoms with E-state index in [0.717, 1.165) is 18.2 Å². The quantitative estimate of drug-likeness (QED) is 0.525. The lowest BCUT2D eigenvalue weighted by molar-refractivity contribution is -0.384. The lowest BCUT2D eigenvalue weighted by Gasteiger charge is -2.31. The molecule has 11 heteroatoms. The van der Waals surface area contributed by atoms with E-state index in [1.54, 1.807) is 0 Å². The van der Waals surface area contributed by atoms with Crippen molar-refractivity contribution in [2.75, 3.05) is 45.1 Å². The van der Waals surface area contributed by atoms with Gasteiger partial charge in [-0.25, -0.2) is 17.2 Å². The van der Waals surface area contributed by atoms with E-state index in [-0.39, 0.29) is 34.8 Å². The van der Waals surface area contributed by atoms with E-state index in [9.17, 15) is 27.3 Å². The molecular formula is C19H22F2N4O4S. The molecule has 1 heterocycles. The fourth-order valence-electron chi connectivity index (χ4n) is 3.21. The number of hydrogen-bond acceptors (Lipinski definition) is 6. The molecule has 8 nitrogen and oxygen atoms in total. The van der Waals surface area contributed by atoms with Crippen molar-refractivity contribution in [1.82, 2.24) is 9.21 Å². The van der Waals surface area contributed by atoms with Crippen molar-refractivity contribution < 1.29 is 22.1 Å². The lowest BCUT2D eigenvalue weighted by Crippen LogP contribution is -2.47. The molecule has 2 aromatic rings. The Balaban J connectivity index is 1.75. The minimum atomic E-state index is -3.84. The zero-order valence-electron chi connectivity index (χ0n) is 16.3. The second-order valence-corrected chi connectivity index (χ2v) is 8.99.